The Bertz CT molecular complexity index is 867. The second kappa shape index (κ2) is 11.9. The number of carbonyl (C=O) groups is 4. The molecule has 2 fully saturated rings. The third-order valence-corrected chi connectivity index (χ3v) is 6.69. The molecule has 4 amide bonds. The van der Waals surface area contributed by atoms with Crippen LogP contribution in [0.25, 0.3) is 0 Å². The number of nitrogens with zero attached hydrogens (tertiary/aromatic N) is 2. The Labute approximate surface area is 201 Å². The molecule has 3 rings (SSSR count). The largest absolute Gasteiger partial charge is 0.445 e. The number of carbonyl (C=O) groups excluding carboxylic acids is 4. The van der Waals surface area contributed by atoms with Gasteiger partial charge in [0, 0.05) is 33.1 Å². The Morgan fingerprint density at radius 2 is 1.85 bits per heavy atom. The van der Waals surface area contributed by atoms with Crippen LogP contribution in [0.1, 0.15) is 57.9 Å². The van der Waals surface area contributed by atoms with Gasteiger partial charge in [0.15, 0.2) is 0 Å². The summed E-state index contributed by atoms with van der Waals surface area (Å²) in [6.45, 7) is 5.66. The second-order valence-corrected chi connectivity index (χ2v) is 9.04. The fourth-order valence-corrected chi connectivity index (χ4v) is 4.75. The molecule has 9 heteroatoms. The van der Waals surface area contributed by atoms with Crippen molar-refractivity contribution in [1.29, 1.82) is 0 Å². The van der Waals surface area contributed by atoms with Crippen molar-refractivity contribution in [1.82, 2.24) is 20.4 Å². The summed E-state index contributed by atoms with van der Waals surface area (Å²) in [5.74, 6) is -0.167. The number of ether oxygens (including phenoxy) is 1. The van der Waals surface area contributed by atoms with E-state index in [4.69, 9.17) is 4.74 Å². The highest BCUT2D eigenvalue weighted by Crippen LogP contribution is 2.33. The lowest BCUT2D eigenvalue weighted by Crippen LogP contribution is -2.73. The Balaban J connectivity index is 1.44. The van der Waals surface area contributed by atoms with Gasteiger partial charge in [-0.3, -0.25) is 14.4 Å². The molecule has 34 heavy (non-hydrogen) atoms. The normalized spacial score (nSPS) is 19.6. The number of benzene rings is 1. The molecule has 0 saturated carbocycles. The van der Waals surface area contributed by atoms with E-state index >= 15 is 0 Å². The third-order valence-electron chi connectivity index (χ3n) is 6.69. The molecule has 2 aliphatic rings. The quantitative estimate of drug-likeness (QED) is 0.536. The summed E-state index contributed by atoms with van der Waals surface area (Å²) < 4.78 is 5.19. The van der Waals surface area contributed by atoms with Crippen molar-refractivity contribution in [3.8, 4) is 0 Å². The van der Waals surface area contributed by atoms with Crippen LogP contribution in [0.5, 0.6) is 0 Å². The molecule has 0 unspecified atom stereocenters. The average Bonchev–Trinajstić information content (AvgIpc) is 2.84. The third kappa shape index (κ3) is 6.07. The zero-order valence-electron chi connectivity index (χ0n) is 20.2. The van der Waals surface area contributed by atoms with Crippen molar-refractivity contribution >= 4 is 23.8 Å². The summed E-state index contributed by atoms with van der Waals surface area (Å²) in [6, 6.07) is 8.91. The summed E-state index contributed by atoms with van der Waals surface area (Å²) in [5, 5.41) is 5.68. The number of piperidine rings is 1. The number of likely N-dealkylation sites (tertiary alicyclic amines) is 1. The van der Waals surface area contributed by atoms with Gasteiger partial charge >= 0.3 is 6.09 Å². The molecule has 0 bridgehead atoms. The van der Waals surface area contributed by atoms with Gasteiger partial charge in [0.05, 0.1) is 0 Å². The number of hydrogen-bond donors (Lipinski definition) is 2. The molecule has 0 aromatic heterocycles. The van der Waals surface area contributed by atoms with Gasteiger partial charge in [0.25, 0.3) is 0 Å². The summed E-state index contributed by atoms with van der Waals surface area (Å²) in [4.78, 5) is 53.5. The van der Waals surface area contributed by atoms with Crippen molar-refractivity contribution in [2.75, 3.05) is 26.2 Å². The number of rotatable bonds is 9. The number of piperazine rings is 1. The second-order valence-electron chi connectivity index (χ2n) is 9.04. The van der Waals surface area contributed by atoms with Crippen molar-refractivity contribution in [2.45, 2.75) is 70.6 Å². The minimum atomic E-state index is -0.861. The van der Waals surface area contributed by atoms with Crippen LogP contribution in [0.4, 0.5) is 4.79 Å². The van der Waals surface area contributed by atoms with Crippen LogP contribution in [-0.4, -0.2) is 71.4 Å². The minimum absolute atomic E-state index is 0.00475. The topological polar surface area (TPSA) is 108 Å². The van der Waals surface area contributed by atoms with Crippen molar-refractivity contribution < 1.29 is 23.9 Å². The fraction of sp³-hybridized carbons (Fsp3) is 0.600. The monoisotopic (exact) mass is 472 g/mol. The SMILES string of the molecule is CCCN1C(=O)[C@H](CCCCNC(=O)OCc2ccccc2)NC(=O)C12CCN(C(C)=O)CC2. The van der Waals surface area contributed by atoms with Crippen LogP contribution in [0.2, 0.25) is 0 Å². The average molecular weight is 473 g/mol. The van der Waals surface area contributed by atoms with Crippen LogP contribution in [0.15, 0.2) is 30.3 Å². The highest BCUT2D eigenvalue weighted by atomic mass is 16.5. The van der Waals surface area contributed by atoms with E-state index in [1.165, 1.54) is 6.92 Å². The molecule has 1 aromatic rings. The van der Waals surface area contributed by atoms with Crippen molar-refractivity contribution in [3.05, 3.63) is 35.9 Å². The highest BCUT2D eigenvalue weighted by molar-refractivity contribution is 6.00. The molecule has 0 aliphatic carbocycles. The summed E-state index contributed by atoms with van der Waals surface area (Å²) in [6.07, 6.45) is 3.09. The molecule has 0 radical (unpaired) electrons. The van der Waals surface area contributed by atoms with E-state index in [9.17, 15) is 19.2 Å². The van der Waals surface area contributed by atoms with Gasteiger partial charge in [-0.2, -0.15) is 0 Å². The maximum absolute atomic E-state index is 13.3. The van der Waals surface area contributed by atoms with Crippen molar-refractivity contribution in [2.24, 2.45) is 0 Å². The van der Waals surface area contributed by atoms with E-state index in [2.05, 4.69) is 10.6 Å². The summed E-state index contributed by atoms with van der Waals surface area (Å²) in [7, 11) is 0. The van der Waals surface area contributed by atoms with E-state index in [0.29, 0.717) is 58.3 Å². The molecule has 9 nitrogen and oxygen atoms in total. The Morgan fingerprint density at radius 3 is 2.50 bits per heavy atom. The van der Waals surface area contributed by atoms with Crippen LogP contribution in [-0.2, 0) is 25.7 Å². The van der Waals surface area contributed by atoms with Crippen LogP contribution >= 0.6 is 0 Å². The molecule has 1 aromatic carbocycles. The number of nitrogens with one attached hydrogen (secondary N) is 2. The Hall–Kier alpha value is -3.10. The smallest absolute Gasteiger partial charge is 0.407 e. The molecule has 2 heterocycles. The molecular formula is C25H36N4O5. The first-order valence-corrected chi connectivity index (χ1v) is 12.2. The number of unbranched alkanes of at least 4 members (excludes halogenated alkanes) is 1. The van der Waals surface area contributed by atoms with Crippen LogP contribution in [0.3, 0.4) is 0 Å². The van der Waals surface area contributed by atoms with Gasteiger partial charge < -0.3 is 25.2 Å². The molecule has 2 aliphatic heterocycles. The predicted molar refractivity (Wildman–Crippen MR) is 127 cm³/mol. The zero-order valence-corrected chi connectivity index (χ0v) is 20.2. The minimum Gasteiger partial charge on any atom is -0.445 e. The molecule has 1 atom stereocenters. The van der Waals surface area contributed by atoms with Gasteiger partial charge in [-0.05, 0) is 44.1 Å². The van der Waals surface area contributed by atoms with Crippen LogP contribution in [0, 0.1) is 0 Å². The first kappa shape index (κ1) is 25.5. The predicted octanol–water partition coefficient (Wildman–Crippen LogP) is 2.20. The molecule has 186 valence electrons. The van der Waals surface area contributed by atoms with E-state index in [0.717, 1.165) is 12.0 Å². The standard InChI is InChI=1S/C25H36N4O5/c1-3-15-29-22(31)21(27-23(32)25(29)12-16-28(17-13-25)19(2)30)11-7-8-14-26-24(33)34-18-20-9-5-4-6-10-20/h4-6,9-10,21H,3,7-8,11-18H2,1-2H3,(H,26,33)(H,27,32)/t21-/m0/s1. The number of hydrogen-bond acceptors (Lipinski definition) is 5. The molecular weight excluding hydrogens is 436 g/mol. The summed E-state index contributed by atoms with van der Waals surface area (Å²) in [5.41, 5.74) is 0.0603. The first-order chi connectivity index (χ1) is 16.4. The van der Waals surface area contributed by atoms with Crippen LogP contribution < -0.4 is 10.6 Å². The van der Waals surface area contributed by atoms with Gasteiger partial charge in [-0.15, -0.1) is 0 Å². The fourth-order valence-electron chi connectivity index (χ4n) is 4.75. The van der Waals surface area contributed by atoms with Crippen molar-refractivity contribution in [3.63, 3.8) is 0 Å². The van der Waals surface area contributed by atoms with E-state index in [1.807, 2.05) is 37.3 Å². The first-order valence-electron chi connectivity index (χ1n) is 12.2. The van der Waals surface area contributed by atoms with Gasteiger partial charge in [-0.1, -0.05) is 37.3 Å². The zero-order chi connectivity index (χ0) is 24.6. The molecule has 2 N–H and O–H groups in total. The number of alkyl carbamates (subject to hydrolysis) is 1. The van der Waals surface area contributed by atoms with E-state index in [-0.39, 0.29) is 24.3 Å². The summed E-state index contributed by atoms with van der Waals surface area (Å²) >= 11 is 0. The maximum atomic E-state index is 13.3. The molecule has 1 spiro atoms. The maximum Gasteiger partial charge on any atom is 0.407 e. The Kier molecular flexibility index (Phi) is 8.90. The van der Waals surface area contributed by atoms with Gasteiger partial charge in [-0.25, -0.2) is 4.79 Å². The van der Waals surface area contributed by atoms with Gasteiger partial charge in [0.1, 0.15) is 18.2 Å². The lowest BCUT2D eigenvalue weighted by atomic mass is 9.81. The Morgan fingerprint density at radius 1 is 1.15 bits per heavy atom. The highest BCUT2D eigenvalue weighted by Gasteiger charge is 2.53. The lowest BCUT2D eigenvalue weighted by Gasteiger charge is -2.51. The molecule has 2 saturated heterocycles. The van der Waals surface area contributed by atoms with E-state index < -0.39 is 17.7 Å². The van der Waals surface area contributed by atoms with Gasteiger partial charge in [0.2, 0.25) is 17.7 Å². The number of amides is 4. The lowest BCUT2D eigenvalue weighted by molar-refractivity contribution is -0.162. The van der Waals surface area contributed by atoms with E-state index in [1.54, 1.807) is 9.80 Å².